The lowest BCUT2D eigenvalue weighted by atomic mass is 9.66. The van der Waals surface area contributed by atoms with Crippen LogP contribution in [0.3, 0.4) is 0 Å². The van der Waals surface area contributed by atoms with Crippen molar-refractivity contribution < 1.29 is 4.74 Å². The third-order valence-corrected chi connectivity index (χ3v) is 5.58. The molecular formula is C18H20N4O. The van der Waals surface area contributed by atoms with Crippen LogP contribution in [0.5, 0.6) is 5.75 Å². The Bertz CT molecular complexity index is 677. The normalized spacial score (nSPS) is 34.5. The fraction of sp³-hybridized carbons (Fsp3) is 0.500. The maximum atomic E-state index is 6.42. The highest BCUT2D eigenvalue weighted by Gasteiger charge is 2.48. The molecule has 0 radical (unpaired) electrons. The van der Waals surface area contributed by atoms with Crippen molar-refractivity contribution in [2.45, 2.75) is 18.9 Å². The van der Waals surface area contributed by atoms with Crippen LogP contribution in [-0.2, 0) is 0 Å². The predicted molar refractivity (Wildman–Crippen MR) is 85.8 cm³/mol. The van der Waals surface area contributed by atoms with Gasteiger partial charge in [-0.2, -0.15) is 0 Å². The Kier molecular flexibility index (Phi) is 3.08. The zero-order chi connectivity index (χ0) is 15.2. The number of nitrogens with zero attached hydrogens (tertiary/aromatic N) is 4. The first-order valence-corrected chi connectivity index (χ1v) is 8.44. The fourth-order valence-corrected chi connectivity index (χ4v) is 4.80. The van der Waals surface area contributed by atoms with E-state index >= 15 is 0 Å². The second-order valence-electron chi connectivity index (χ2n) is 7.20. The highest BCUT2D eigenvalue weighted by atomic mass is 16.5. The molecule has 5 heteroatoms. The second kappa shape index (κ2) is 5.27. The quantitative estimate of drug-likeness (QED) is 0.870. The first kappa shape index (κ1) is 13.4. The number of hydrogen-bond donors (Lipinski definition) is 0. The van der Waals surface area contributed by atoms with Crippen LogP contribution in [0.4, 0.5) is 0 Å². The molecule has 0 spiro atoms. The van der Waals surface area contributed by atoms with Crippen molar-refractivity contribution in [2.75, 3.05) is 19.6 Å². The summed E-state index contributed by atoms with van der Waals surface area (Å²) in [6, 6.07) is 2.07. The average Bonchev–Trinajstić information content (AvgIpc) is 2.59. The summed E-state index contributed by atoms with van der Waals surface area (Å²) in [4.78, 5) is 15.1. The minimum atomic E-state index is 0.354. The lowest BCUT2D eigenvalue weighted by Crippen LogP contribution is -2.61. The number of rotatable bonds is 3. The summed E-state index contributed by atoms with van der Waals surface area (Å²) in [5.41, 5.74) is 1.98. The smallest absolute Gasteiger partial charge is 0.138 e. The van der Waals surface area contributed by atoms with Crippen molar-refractivity contribution >= 4 is 0 Å². The molecule has 0 aromatic carbocycles. The molecule has 5 heterocycles. The van der Waals surface area contributed by atoms with E-state index in [0.717, 1.165) is 22.8 Å². The van der Waals surface area contributed by atoms with E-state index in [9.17, 15) is 0 Å². The molecular weight excluding hydrogens is 288 g/mol. The molecule has 2 aromatic heterocycles. The van der Waals surface area contributed by atoms with Gasteiger partial charge in [-0.15, -0.1) is 0 Å². The molecule has 118 valence electrons. The minimum absolute atomic E-state index is 0.354. The largest absolute Gasteiger partial charge is 0.488 e. The molecule has 1 aliphatic carbocycles. The molecule has 23 heavy (non-hydrogen) atoms. The Morgan fingerprint density at radius 3 is 2.35 bits per heavy atom. The van der Waals surface area contributed by atoms with Crippen molar-refractivity contribution in [3.63, 3.8) is 0 Å². The van der Waals surface area contributed by atoms with Crippen LogP contribution in [0.2, 0.25) is 0 Å². The van der Waals surface area contributed by atoms with Crippen LogP contribution in [0.25, 0.3) is 11.1 Å². The van der Waals surface area contributed by atoms with Gasteiger partial charge in [-0.1, -0.05) is 0 Å². The highest BCUT2D eigenvalue weighted by molar-refractivity contribution is 5.61. The first-order chi connectivity index (χ1) is 11.3. The Morgan fingerprint density at radius 2 is 1.61 bits per heavy atom. The lowest BCUT2D eigenvalue weighted by Gasteiger charge is -2.55. The van der Waals surface area contributed by atoms with Crippen molar-refractivity contribution in [1.82, 2.24) is 19.9 Å². The number of piperidine rings is 3. The third kappa shape index (κ3) is 2.39. The molecule has 2 aromatic rings. The van der Waals surface area contributed by atoms with E-state index in [4.69, 9.17) is 4.74 Å². The third-order valence-electron chi connectivity index (χ3n) is 5.58. The molecule has 0 N–H and O–H groups in total. The summed E-state index contributed by atoms with van der Waals surface area (Å²) in [6.45, 7) is 3.72. The molecule has 2 unspecified atom stereocenters. The molecule has 3 saturated heterocycles. The Balaban J connectivity index is 1.39. The second-order valence-corrected chi connectivity index (χ2v) is 7.20. The summed E-state index contributed by atoms with van der Waals surface area (Å²) in [6.07, 6.45) is 11.9. The number of hydrogen-bond acceptors (Lipinski definition) is 5. The maximum Gasteiger partial charge on any atom is 0.138 e. The SMILES string of the molecule is c1ncc(-c2cncc(OC3C4CC5CC3CN(C5)C4)c2)cn1. The molecule has 6 rings (SSSR count). The van der Waals surface area contributed by atoms with Gasteiger partial charge in [0.05, 0.1) is 6.20 Å². The summed E-state index contributed by atoms with van der Waals surface area (Å²) in [5, 5.41) is 0. The van der Waals surface area contributed by atoms with Gasteiger partial charge in [-0.3, -0.25) is 4.98 Å². The van der Waals surface area contributed by atoms with E-state index in [1.807, 2.05) is 24.8 Å². The van der Waals surface area contributed by atoms with Crippen molar-refractivity contribution in [3.8, 4) is 16.9 Å². The van der Waals surface area contributed by atoms with Crippen LogP contribution >= 0.6 is 0 Å². The van der Waals surface area contributed by atoms with Gasteiger partial charge in [-0.25, -0.2) is 9.97 Å². The Labute approximate surface area is 135 Å². The predicted octanol–water partition coefficient (Wildman–Crippen LogP) is 2.26. The molecule has 1 saturated carbocycles. The maximum absolute atomic E-state index is 6.42. The highest BCUT2D eigenvalue weighted by Crippen LogP contribution is 2.45. The summed E-state index contributed by atoms with van der Waals surface area (Å²) < 4.78 is 6.42. The Hall–Kier alpha value is -2.01. The molecule has 4 fully saturated rings. The topological polar surface area (TPSA) is 51.1 Å². The summed E-state index contributed by atoms with van der Waals surface area (Å²) in [7, 11) is 0. The van der Waals surface area contributed by atoms with Crippen molar-refractivity contribution in [2.24, 2.45) is 17.8 Å². The molecule has 4 bridgehead atoms. The molecule has 2 atom stereocenters. The molecule has 0 amide bonds. The van der Waals surface area contributed by atoms with E-state index in [-0.39, 0.29) is 0 Å². The zero-order valence-electron chi connectivity index (χ0n) is 13.0. The first-order valence-electron chi connectivity index (χ1n) is 8.44. The minimum Gasteiger partial charge on any atom is -0.488 e. The molecule has 3 aliphatic heterocycles. The molecule has 4 aliphatic rings. The van der Waals surface area contributed by atoms with E-state index in [1.165, 1.54) is 32.5 Å². The van der Waals surface area contributed by atoms with Gasteiger partial charge in [0, 0.05) is 61.2 Å². The van der Waals surface area contributed by atoms with E-state index in [2.05, 4.69) is 25.9 Å². The van der Waals surface area contributed by atoms with Gasteiger partial charge >= 0.3 is 0 Å². The van der Waals surface area contributed by atoms with Gasteiger partial charge in [0.2, 0.25) is 0 Å². The van der Waals surface area contributed by atoms with E-state index in [0.29, 0.717) is 17.9 Å². The Morgan fingerprint density at radius 1 is 0.870 bits per heavy atom. The van der Waals surface area contributed by atoms with Crippen LogP contribution < -0.4 is 4.74 Å². The summed E-state index contributed by atoms with van der Waals surface area (Å²) in [5.74, 6) is 3.15. The van der Waals surface area contributed by atoms with Gasteiger partial charge in [0.1, 0.15) is 18.2 Å². The van der Waals surface area contributed by atoms with Crippen molar-refractivity contribution in [3.05, 3.63) is 37.2 Å². The van der Waals surface area contributed by atoms with Crippen molar-refractivity contribution in [1.29, 1.82) is 0 Å². The van der Waals surface area contributed by atoms with Gasteiger partial charge in [0.25, 0.3) is 0 Å². The number of pyridine rings is 1. The van der Waals surface area contributed by atoms with Crippen LogP contribution in [0.1, 0.15) is 12.8 Å². The van der Waals surface area contributed by atoms with Crippen LogP contribution in [0, 0.1) is 17.8 Å². The number of aromatic nitrogens is 3. The van der Waals surface area contributed by atoms with Crippen LogP contribution in [0.15, 0.2) is 37.2 Å². The number of ether oxygens (including phenoxy) is 1. The standard InChI is InChI=1S/C18H20N4O/c1-12-2-15-10-22(8-12)9-14(1)18(15)23-17-3-13(4-19-7-17)16-5-20-11-21-6-16/h3-7,11-12,14-15,18H,1-2,8-10H2. The average molecular weight is 308 g/mol. The summed E-state index contributed by atoms with van der Waals surface area (Å²) >= 11 is 0. The van der Waals surface area contributed by atoms with Gasteiger partial charge < -0.3 is 9.64 Å². The van der Waals surface area contributed by atoms with Gasteiger partial charge in [-0.05, 0) is 24.8 Å². The van der Waals surface area contributed by atoms with Crippen LogP contribution in [-0.4, -0.2) is 45.6 Å². The molecule has 5 nitrogen and oxygen atoms in total. The van der Waals surface area contributed by atoms with E-state index in [1.54, 1.807) is 6.33 Å². The fourth-order valence-electron chi connectivity index (χ4n) is 4.80. The van der Waals surface area contributed by atoms with Gasteiger partial charge in [0.15, 0.2) is 0 Å². The monoisotopic (exact) mass is 308 g/mol. The van der Waals surface area contributed by atoms with E-state index < -0.39 is 0 Å². The zero-order valence-corrected chi connectivity index (χ0v) is 13.0. The lowest BCUT2D eigenvalue weighted by molar-refractivity contribution is -0.0985.